The van der Waals surface area contributed by atoms with Crippen molar-refractivity contribution in [2.45, 2.75) is 6.42 Å². The molecule has 0 aromatic heterocycles. The Bertz CT molecular complexity index is 677. The van der Waals surface area contributed by atoms with E-state index in [1.807, 2.05) is 42.5 Å². The number of halogens is 1. The molecule has 0 bridgehead atoms. The molecule has 0 unspecified atom stereocenters. The number of carbonyl (C=O) groups excluding carboxylic acids is 1. The van der Waals surface area contributed by atoms with E-state index < -0.39 is 0 Å². The first-order valence-corrected chi connectivity index (χ1v) is 7.93. The van der Waals surface area contributed by atoms with Crippen molar-refractivity contribution in [2.75, 3.05) is 31.4 Å². The van der Waals surface area contributed by atoms with Crippen LogP contribution in [0.4, 0.5) is 11.4 Å². The van der Waals surface area contributed by atoms with E-state index in [0.717, 1.165) is 21.6 Å². The van der Waals surface area contributed by atoms with E-state index in [1.165, 1.54) is 0 Å². The summed E-state index contributed by atoms with van der Waals surface area (Å²) in [6.07, 6.45) is 0.340. The molecule has 6 heteroatoms. The summed E-state index contributed by atoms with van der Waals surface area (Å²) >= 11 is 3.38. The summed E-state index contributed by atoms with van der Waals surface area (Å²) < 4.78 is 11.4. The van der Waals surface area contributed by atoms with Crippen LogP contribution in [0.3, 0.4) is 0 Å². The van der Waals surface area contributed by atoms with E-state index >= 15 is 0 Å². The van der Waals surface area contributed by atoms with Gasteiger partial charge in [-0.1, -0.05) is 22.0 Å². The number of anilines is 2. The minimum atomic E-state index is -0.0579. The minimum absolute atomic E-state index is 0.0579. The lowest BCUT2D eigenvalue weighted by Gasteiger charge is -2.12. The fourth-order valence-electron chi connectivity index (χ4n) is 2.05. The zero-order chi connectivity index (χ0) is 16.7. The van der Waals surface area contributed by atoms with Crippen LogP contribution in [0.15, 0.2) is 46.9 Å². The van der Waals surface area contributed by atoms with Gasteiger partial charge in [0.1, 0.15) is 11.5 Å². The molecule has 0 spiro atoms. The SMILES string of the molecule is COc1ccc(OC)c(NCCC(=O)Nc2cccc(Br)c2)c1. The predicted molar refractivity (Wildman–Crippen MR) is 95.4 cm³/mol. The monoisotopic (exact) mass is 378 g/mol. The number of hydrogen-bond donors (Lipinski definition) is 2. The normalized spacial score (nSPS) is 10.0. The summed E-state index contributed by atoms with van der Waals surface area (Å²) in [4.78, 5) is 12.0. The summed E-state index contributed by atoms with van der Waals surface area (Å²) in [5.41, 5.74) is 1.56. The lowest BCUT2D eigenvalue weighted by molar-refractivity contribution is -0.115. The van der Waals surface area contributed by atoms with E-state index in [9.17, 15) is 4.79 Å². The van der Waals surface area contributed by atoms with Gasteiger partial charge in [-0.2, -0.15) is 0 Å². The van der Waals surface area contributed by atoms with Crippen molar-refractivity contribution in [3.8, 4) is 11.5 Å². The van der Waals surface area contributed by atoms with Crippen molar-refractivity contribution in [1.29, 1.82) is 0 Å². The van der Waals surface area contributed by atoms with E-state index in [-0.39, 0.29) is 5.91 Å². The third-order valence-electron chi connectivity index (χ3n) is 3.18. The highest BCUT2D eigenvalue weighted by molar-refractivity contribution is 9.10. The Labute approximate surface area is 144 Å². The highest BCUT2D eigenvalue weighted by atomic mass is 79.9. The maximum atomic E-state index is 12.0. The maximum absolute atomic E-state index is 12.0. The second kappa shape index (κ2) is 8.43. The molecule has 1 amide bonds. The summed E-state index contributed by atoms with van der Waals surface area (Å²) in [6, 6.07) is 13.0. The lowest BCUT2D eigenvalue weighted by Crippen LogP contribution is -2.16. The first-order valence-electron chi connectivity index (χ1n) is 7.13. The average Bonchev–Trinajstić information content (AvgIpc) is 2.54. The fourth-order valence-corrected chi connectivity index (χ4v) is 2.45. The lowest BCUT2D eigenvalue weighted by atomic mass is 10.2. The molecular formula is C17H19BrN2O3. The van der Waals surface area contributed by atoms with Crippen LogP contribution in [-0.2, 0) is 4.79 Å². The maximum Gasteiger partial charge on any atom is 0.226 e. The summed E-state index contributed by atoms with van der Waals surface area (Å²) in [5, 5.41) is 6.05. The smallest absolute Gasteiger partial charge is 0.226 e. The molecule has 0 aliphatic carbocycles. The van der Waals surface area contributed by atoms with Gasteiger partial charge in [0.25, 0.3) is 0 Å². The van der Waals surface area contributed by atoms with Gasteiger partial charge in [-0.25, -0.2) is 0 Å². The molecule has 0 heterocycles. The molecule has 0 radical (unpaired) electrons. The van der Waals surface area contributed by atoms with E-state index in [4.69, 9.17) is 9.47 Å². The number of rotatable bonds is 7. The molecule has 23 heavy (non-hydrogen) atoms. The Hall–Kier alpha value is -2.21. The van der Waals surface area contributed by atoms with E-state index in [0.29, 0.717) is 18.7 Å². The third kappa shape index (κ3) is 5.17. The minimum Gasteiger partial charge on any atom is -0.497 e. The van der Waals surface area contributed by atoms with Gasteiger partial charge in [-0.3, -0.25) is 4.79 Å². The Morgan fingerprint density at radius 2 is 1.96 bits per heavy atom. The molecule has 2 aromatic rings. The summed E-state index contributed by atoms with van der Waals surface area (Å²) in [6.45, 7) is 0.489. The second-order valence-corrected chi connectivity index (χ2v) is 5.72. The van der Waals surface area contributed by atoms with Crippen LogP contribution in [0.2, 0.25) is 0 Å². The first-order chi connectivity index (χ1) is 11.1. The van der Waals surface area contributed by atoms with E-state index in [1.54, 1.807) is 14.2 Å². The molecule has 2 aromatic carbocycles. The Morgan fingerprint density at radius 1 is 1.13 bits per heavy atom. The van der Waals surface area contributed by atoms with Crippen molar-refractivity contribution in [3.63, 3.8) is 0 Å². The van der Waals surface area contributed by atoms with Crippen LogP contribution >= 0.6 is 15.9 Å². The highest BCUT2D eigenvalue weighted by Crippen LogP contribution is 2.28. The zero-order valence-electron chi connectivity index (χ0n) is 13.1. The van der Waals surface area contributed by atoms with E-state index in [2.05, 4.69) is 26.6 Å². The Balaban J connectivity index is 1.88. The van der Waals surface area contributed by atoms with Crippen LogP contribution < -0.4 is 20.1 Å². The quantitative estimate of drug-likeness (QED) is 0.766. The molecule has 0 atom stereocenters. The van der Waals surface area contributed by atoms with Gasteiger partial charge in [0.2, 0.25) is 5.91 Å². The Morgan fingerprint density at radius 3 is 2.65 bits per heavy atom. The predicted octanol–water partition coefficient (Wildman–Crippen LogP) is 3.91. The van der Waals surface area contributed by atoms with Crippen molar-refractivity contribution in [3.05, 3.63) is 46.9 Å². The molecule has 0 fully saturated rings. The standard InChI is InChI=1S/C17H19BrN2O3/c1-22-14-6-7-16(23-2)15(11-14)19-9-8-17(21)20-13-5-3-4-12(18)10-13/h3-7,10-11,19H,8-9H2,1-2H3,(H,20,21). The number of benzene rings is 2. The highest BCUT2D eigenvalue weighted by Gasteiger charge is 2.06. The van der Waals surface area contributed by atoms with Crippen molar-refractivity contribution in [2.24, 2.45) is 0 Å². The van der Waals surface area contributed by atoms with Crippen LogP contribution in [0.5, 0.6) is 11.5 Å². The largest absolute Gasteiger partial charge is 0.497 e. The van der Waals surface area contributed by atoms with Crippen molar-refractivity contribution < 1.29 is 14.3 Å². The van der Waals surface area contributed by atoms with Gasteiger partial charge in [0, 0.05) is 29.2 Å². The number of nitrogens with one attached hydrogen (secondary N) is 2. The number of amides is 1. The van der Waals surface area contributed by atoms with Gasteiger partial charge in [-0.15, -0.1) is 0 Å². The molecular weight excluding hydrogens is 360 g/mol. The number of hydrogen-bond acceptors (Lipinski definition) is 4. The third-order valence-corrected chi connectivity index (χ3v) is 3.68. The first kappa shape index (κ1) is 17.1. The molecule has 2 rings (SSSR count). The van der Waals surface area contributed by atoms with Gasteiger partial charge >= 0.3 is 0 Å². The summed E-state index contributed by atoms with van der Waals surface area (Å²) in [7, 11) is 3.21. The molecule has 2 N–H and O–H groups in total. The van der Waals surface area contributed by atoms with Gasteiger partial charge in [-0.05, 0) is 30.3 Å². The number of methoxy groups -OCH3 is 2. The van der Waals surface area contributed by atoms with Gasteiger partial charge < -0.3 is 20.1 Å². The Kier molecular flexibility index (Phi) is 6.29. The molecule has 0 saturated heterocycles. The molecule has 122 valence electrons. The van der Waals surface area contributed by atoms with Gasteiger partial charge in [0.05, 0.1) is 19.9 Å². The number of ether oxygens (including phenoxy) is 2. The molecule has 5 nitrogen and oxygen atoms in total. The summed E-state index contributed by atoms with van der Waals surface area (Å²) in [5.74, 6) is 1.38. The molecule has 0 saturated carbocycles. The van der Waals surface area contributed by atoms with Crippen LogP contribution in [0.1, 0.15) is 6.42 Å². The topological polar surface area (TPSA) is 59.6 Å². The second-order valence-electron chi connectivity index (χ2n) is 4.80. The average molecular weight is 379 g/mol. The molecule has 0 aliphatic rings. The van der Waals surface area contributed by atoms with Crippen LogP contribution in [-0.4, -0.2) is 26.7 Å². The zero-order valence-corrected chi connectivity index (χ0v) is 14.6. The fraction of sp³-hybridized carbons (Fsp3) is 0.235. The van der Waals surface area contributed by atoms with Gasteiger partial charge in [0.15, 0.2) is 0 Å². The number of carbonyl (C=O) groups is 1. The van der Waals surface area contributed by atoms with Crippen molar-refractivity contribution >= 4 is 33.2 Å². The van der Waals surface area contributed by atoms with Crippen molar-refractivity contribution in [1.82, 2.24) is 0 Å². The van der Waals surface area contributed by atoms with Crippen LogP contribution in [0, 0.1) is 0 Å². The molecule has 0 aliphatic heterocycles. The van der Waals surface area contributed by atoms with Crippen LogP contribution in [0.25, 0.3) is 0 Å².